The Bertz CT molecular complexity index is 9520. The predicted octanol–water partition coefficient (Wildman–Crippen LogP) is 40.6. The first-order chi connectivity index (χ1) is 69.9. The lowest BCUT2D eigenvalue weighted by Gasteiger charge is -2.12. The molecule has 13 aromatic heterocycles. The zero-order chi connectivity index (χ0) is 92.7. The average molecular weight is 1960 g/mol. The smallest absolute Gasteiger partial charge is 0.0730 e. The highest BCUT2D eigenvalue weighted by Gasteiger charge is 2.24. The average Bonchev–Trinajstić information content (AvgIpc) is 1.62. The van der Waals surface area contributed by atoms with E-state index in [1.165, 1.54) is 243 Å². The fourth-order valence-corrected chi connectivity index (χ4v) is 31.5. The molecular formula is C128H74N4S9. The minimum absolute atomic E-state index is 1.01. The number of benzene rings is 18. The molecule has 31 rings (SSSR count). The van der Waals surface area contributed by atoms with Gasteiger partial charge in [0, 0.05) is 239 Å². The Morgan fingerprint density at radius 1 is 0.135 bits per heavy atom. The summed E-state index contributed by atoms with van der Waals surface area (Å²) < 4.78 is 23.7. The van der Waals surface area contributed by atoms with E-state index in [0.717, 1.165) is 39.6 Å². The number of rotatable bonds is 9. The zero-order valence-electron chi connectivity index (χ0n) is 75.2. The molecule has 0 spiro atoms. The standard InChI is InChI=1S/C41H23NS3.3C29H17NS2/c1-4-19-36-26(10-1)29-14-7-13-25(39(29)43-36)24-22-34(32-17-8-15-30-27-11-2-5-20-37(27)44-40(30)32)42-35(23-24)33-18-9-16-31-28-12-3-6-21-38(28)45-41(31)33;1-3-16-26-18(8-1)20-10-5-12-22(28(20)31-26)24-14-7-15-25(30-24)23-13-6-11-21-19-9-2-4-17-27(19)32-29(21)23;1-3-13-26-20(7-1)22-10-5-9-19(28(22)31-26)18-15-16-30-25(17-18)24-12-6-11-23-21-8-2-4-14-27(21)32-29(23)24;1-3-7-26-22(5-1)24-14-18(9-11-28(24)31-26)20-13-21(17-30-16-20)19-10-12-29-25(15-19)23-6-2-4-8-27(23)32-29/h1-23H;3*1-17H. The van der Waals surface area contributed by atoms with Crippen LogP contribution in [0.2, 0.25) is 0 Å². The Balaban J connectivity index is 0.0000000932. The van der Waals surface area contributed by atoms with Crippen molar-refractivity contribution in [1.29, 1.82) is 0 Å². The van der Waals surface area contributed by atoms with E-state index in [2.05, 4.69) is 436 Å². The molecule has 0 saturated carbocycles. The second-order valence-corrected chi connectivity index (χ2v) is 45.0. The summed E-state index contributed by atoms with van der Waals surface area (Å²) in [6, 6.07) is 156. The molecule has 660 valence electrons. The van der Waals surface area contributed by atoms with Crippen molar-refractivity contribution in [2.75, 3.05) is 0 Å². The van der Waals surface area contributed by atoms with Crippen molar-refractivity contribution in [3.05, 3.63) is 449 Å². The molecule has 0 amide bonds. The Hall–Kier alpha value is -15.5. The van der Waals surface area contributed by atoms with Crippen LogP contribution in [0.4, 0.5) is 0 Å². The Kier molecular flexibility index (Phi) is 20.7. The quantitative estimate of drug-likeness (QED) is 0.145. The SMILES string of the molecule is c1cc(-c2cccc3c2sc2ccccc23)nc(-c2cccc3c2sc2ccccc23)c1.c1ccc2c(c1)sc1c(-c3cc(-c4cccc5c4sc4ccccc45)nc(-c4cccc5c4sc4ccccc45)c3)cccc12.c1ccc2c(c1)sc1c(-c3ccnc(-c4cccc5c4sc4ccccc45)c3)cccc12.c1ccc2c(c1)sc1ccc(-c3cncc(-c4ccc5sc6ccccc6c5c4)c3)cc12. The summed E-state index contributed by atoms with van der Waals surface area (Å²) in [5.74, 6) is 0. The maximum Gasteiger partial charge on any atom is 0.0730 e. The van der Waals surface area contributed by atoms with Crippen molar-refractivity contribution in [3.63, 3.8) is 0 Å². The van der Waals surface area contributed by atoms with Crippen molar-refractivity contribution < 1.29 is 0 Å². The molecule has 13 heterocycles. The topological polar surface area (TPSA) is 51.6 Å². The van der Waals surface area contributed by atoms with Crippen LogP contribution in [0.1, 0.15) is 0 Å². The molecule has 0 atom stereocenters. The van der Waals surface area contributed by atoms with Crippen molar-refractivity contribution in [3.8, 4) is 101 Å². The number of nitrogens with zero attached hydrogens (tertiary/aromatic N) is 4. The number of hydrogen-bond acceptors (Lipinski definition) is 13. The molecule has 4 nitrogen and oxygen atoms in total. The van der Waals surface area contributed by atoms with Gasteiger partial charge in [0.05, 0.1) is 28.5 Å². The van der Waals surface area contributed by atoms with Crippen LogP contribution < -0.4 is 0 Å². The van der Waals surface area contributed by atoms with Gasteiger partial charge in [0.2, 0.25) is 0 Å². The van der Waals surface area contributed by atoms with Crippen molar-refractivity contribution in [2.24, 2.45) is 0 Å². The van der Waals surface area contributed by atoms with Gasteiger partial charge < -0.3 is 0 Å². The Morgan fingerprint density at radius 2 is 0.369 bits per heavy atom. The van der Waals surface area contributed by atoms with Crippen molar-refractivity contribution in [1.82, 2.24) is 19.9 Å². The minimum Gasteiger partial charge on any atom is -0.263 e. The molecule has 18 aromatic carbocycles. The lowest BCUT2D eigenvalue weighted by atomic mass is 9.97. The summed E-state index contributed by atoms with van der Waals surface area (Å²) in [6.45, 7) is 0. The summed E-state index contributed by atoms with van der Waals surface area (Å²) in [5.41, 5.74) is 20.7. The number of fused-ring (bicyclic) bond motifs is 27. The number of thiophene rings is 9. The second kappa shape index (κ2) is 34.8. The van der Waals surface area contributed by atoms with Crippen LogP contribution in [-0.4, -0.2) is 19.9 Å². The monoisotopic (exact) mass is 1950 g/mol. The fraction of sp³-hybridized carbons (Fsp3) is 0. The van der Waals surface area contributed by atoms with Gasteiger partial charge in [-0.2, -0.15) is 0 Å². The molecule has 0 aliphatic carbocycles. The van der Waals surface area contributed by atoms with E-state index < -0.39 is 0 Å². The van der Waals surface area contributed by atoms with E-state index >= 15 is 0 Å². The summed E-state index contributed by atoms with van der Waals surface area (Å²) in [5, 5.41) is 23.7. The predicted molar refractivity (Wildman–Crippen MR) is 622 cm³/mol. The maximum atomic E-state index is 5.48. The fourth-order valence-electron chi connectivity index (χ4n) is 20.7. The molecule has 141 heavy (non-hydrogen) atoms. The molecule has 0 bridgehead atoms. The lowest BCUT2D eigenvalue weighted by molar-refractivity contribution is 1.33. The molecule has 0 unspecified atom stereocenters. The molecule has 0 aliphatic rings. The molecule has 31 aromatic rings. The summed E-state index contributed by atoms with van der Waals surface area (Å²) in [7, 11) is 0. The molecule has 0 N–H and O–H groups in total. The van der Waals surface area contributed by atoms with Gasteiger partial charge in [-0.05, 0) is 155 Å². The van der Waals surface area contributed by atoms with Gasteiger partial charge in [0.1, 0.15) is 0 Å². The third-order valence-electron chi connectivity index (χ3n) is 27.3. The highest BCUT2D eigenvalue weighted by Crippen LogP contribution is 2.51. The van der Waals surface area contributed by atoms with Gasteiger partial charge in [-0.3, -0.25) is 9.97 Å². The number of pyridine rings is 4. The van der Waals surface area contributed by atoms with Crippen LogP contribution in [0, 0.1) is 0 Å². The maximum absolute atomic E-state index is 5.48. The molecule has 0 fully saturated rings. The van der Waals surface area contributed by atoms with Gasteiger partial charge in [-0.15, -0.1) is 102 Å². The number of hydrogen-bond donors (Lipinski definition) is 0. The summed E-state index contributed by atoms with van der Waals surface area (Å²) in [4.78, 5) is 20.0. The first-order valence-electron chi connectivity index (χ1n) is 46.9. The Morgan fingerprint density at radius 3 is 0.695 bits per heavy atom. The van der Waals surface area contributed by atoms with E-state index in [1.54, 1.807) is 0 Å². The number of aromatic nitrogens is 4. The van der Waals surface area contributed by atoms with Crippen molar-refractivity contribution in [2.45, 2.75) is 0 Å². The van der Waals surface area contributed by atoms with Crippen LogP contribution in [0.5, 0.6) is 0 Å². The largest absolute Gasteiger partial charge is 0.263 e. The van der Waals surface area contributed by atoms with E-state index in [0.29, 0.717) is 0 Å². The van der Waals surface area contributed by atoms with Gasteiger partial charge in [-0.1, -0.05) is 309 Å². The molecule has 13 heteroatoms. The first-order valence-corrected chi connectivity index (χ1v) is 54.3. The van der Waals surface area contributed by atoms with E-state index in [9.17, 15) is 0 Å². The third-order valence-corrected chi connectivity index (χ3v) is 38.2. The van der Waals surface area contributed by atoms with Crippen LogP contribution in [0.15, 0.2) is 449 Å². The van der Waals surface area contributed by atoms with Gasteiger partial charge in [-0.25, -0.2) is 9.97 Å². The van der Waals surface area contributed by atoms with Crippen LogP contribution in [-0.2, 0) is 0 Å². The lowest BCUT2D eigenvalue weighted by Crippen LogP contribution is -1.92. The molecular weight excluding hydrogens is 1880 g/mol. The highest BCUT2D eigenvalue weighted by atomic mass is 32.1. The normalized spacial score (nSPS) is 11.8. The molecule has 0 aliphatic heterocycles. The zero-order valence-corrected chi connectivity index (χ0v) is 82.5. The van der Waals surface area contributed by atoms with E-state index in [-0.39, 0.29) is 0 Å². The second-order valence-electron chi connectivity index (χ2n) is 35.5. The van der Waals surface area contributed by atoms with E-state index in [1.807, 2.05) is 121 Å². The summed E-state index contributed by atoms with van der Waals surface area (Å²) in [6.07, 6.45) is 5.89. The van der Waals surface area contributed by atoms with Crippen molar-refractivity contribution >= 4 is 284 Å². The van der Waals surface area contributed by atoms with Gasteiger partial charge >= 0.3 is 0 Å². The van der Waals surface area contributed by atoms with Crippen LogP contribution >= 0.6 is 102 Å². The van der Waals surface area contributed by atoms with Crippen LogP contribution in [0.25, 0.3) is 282 Å². The summed E-state index contributed by atoms with van der Waals surface area (Å²) >= 11 is 16.7. The Labute approximate surface area is 845 Å². The third kappa shape index (κ3) is 14.6. The van der Waals surface area contributed by atoms with Crippen LogP contribution in [0.3, 0.4) is 0 Å². The highest BCUT2D eigenvalue weighted by molar-refractivity contribution is 7.29. The first kappa shape index (κ1) is 83.7. The molecule has 0 saturated heterocycles. The molecule has 0 radical (unpaired) electrons. The van der Waals surface area contributed by atoms with Gasteiger partial charge in [0.15, 0.2) is 0 Å². The van der Waals surface area contributed by atoms with E-state index in [4.69, 9.17) is 15.0 Å². The van der Waals surface area contributed by atoms with Gasteiger partial charge in [0.25, 0.3) is 0 Å². The minimum atomic E-state index is 1.01.